The van der Waals surface area contributed by atoms with Gasteiger partial charge in [-0.25, -0.2) is 4.98 Å². The molecule has 0 unspecified atom stereocenters. The third-order valence-electron chi connectivity index (χ3n) is 4.18. The lowest BCUT2D eigenvalue weighted by Crippen LogP contribution is -2.38. The first-order chi connectivity index (χ1) is 14.0. The maximum Gasteiger partial charge on any atom is 0.227 e. The molecule has 2 aromatic rings. The largest absolute Gasteiger partial charge is 0.493 e. The van der Waals surface area contributed by atoms with Crippen molar-refractivity contribution in [3.8, 4) is 5.75 Å². The molecule has 0 aliphatic rings. The molecule has 1 heterocycles. The van der Waals surface area contributed by atoms with Gasteiger partial charge in [-0.3, -0.25) is 9.79 Å². The van der Waals surface area contributed by atoms with E-state index in [1.807, 2.05) is 26.0 Å². The van der Waals surface area contributed by atoms with Gasteiger partial charge in [-0.1, -0.05) is 25.1 Å². The molecule has 2 rings (SSSR count). The van der Waals surface area contributed by atoms with Gasteiger partial charge in [0, 0.05) is 38.3 Å². The lowest BCUT2D eigenvalue weighted by atomic mass is 10.1. The summed E-state index contributed by atoms with van der Waals surface area (Å²) in [6.45, 7) is 7.83. The minimum atomic E-state index is -0.0990. The SMILES string of the molecule is CCCOc1cc(C)ccc1CNC(=NC)NCCC(=O)Nc1ccc(C)cn1. The Morgan fingerprint density at radius 2 is 1.93 bits per heavy atom. The standard InChI is InChI=1S/C22H31N5O2/c1-5-12-29-19-13-16(2)6-8-18(19)15-26-22(23-4)24-11-10-21(28)27-20-9-7-17(3)14-25-20/h6-9,13-14H,5,10-12,15H2,1-4H3,(H2,23,24,26)(H,25,27,28). The van der Waals surface area contributed by atoms with Crippen LogP contribution in [0.25, 0.3) is 0 Å². The molecule has 0 spiro atoms. The third kappa shape index (κ3) is 7.81. The van der Waals surface area contributed by atoms with Crippen molar-refractivity contribution in [2.45, 2.75) is 40.2 Å². The summed E-state index contributed by atoms with van der Waals surface area (Å²) in [7, 11) is 1.70. The van der Waals surface area contributed by atoms with Gasteiger partial charge in [0.25, 0.3) is 0 Å². The lowest BCUT2D eigenvalue weighted by molar-refractivity contribution is -0.116. The number of pyridine rings is 1. The fraction of sp³-hybridized carbons (Fsp3) is 0.409. The number of carbonyl (C=O) groups is 1. The van der Waals surface area contributed by atoms with Crippen molar-refractivity contribution in [3.63, 3.8) is 0 Å². The summed E-state index contributed by atoms with van der Waals surface area (Å²) < 4.78 is 5.85. The second-order valence-corrected chi connectivity index (χ2v) is 6.83. The number of anilines is 1. The number of ether oxygens (including phenoxy) is 1. The highest BCUT2D eigenvalue weighted by Crippen LogP contribution is 2.20. The Kier molecular flexibility index (Phi) is 8.95. The van der Waals surface area contributed by atoms with Gasteiger partial charge in [0.15, 0.2) is 5.96 Å². The van der Waals surface area contributed by atoms with Crippen LogP contribution in [0.15, 0.2) is 41.5 Å². The highest BCUT2D eigenvalue weighted by atomic mass is 16.5. The van der Waals surface area contributed by atoms with Crippen LogP contribution in [0.3, 0.4) is 0 Å². The lowest BCUT2D eigenvalue weighted by Gasteiger charge is -2.15. The number of amides is 1. The number of hydrogen-bond donors (Lipinski definition) is 3. The molecule has 0 saturated heterocycles. The molecular formula is C22H31N5O2. The average molecular weight is 398 g/mol. The number of benzene rings is 1. The van der Waals surface area contributed by atoms with E-state index in [0.29, 0.717) is 37.9 Å². The molecule has 7 heteroatoms. The van der Waals surface area contributed by atoms with Crippen LogP contribution in [0.5, 0.6) is 5.75 Å². The van der Waals surface area contributed by atoms with Crippen molar-refractivity contribution in [3.05, 3.63) is 53.2 Å². The van der Waals surface area contributed by atoms with Gasteiger partial charge < -0.3 is 20.7 Å². The van der Waals surface area contributed by atoms with Gasteiger partial charge in [0.1, 0.15) is 11.6 Å². The van der Waals surface area contributed by atoms with E-state index in [-0.39, 0.29) is 5.91 Å². The zero-order chi connectivity index (χ0) is 21.1. The minimum Gasteiger partial charge on any atom is -0.493 e. The van der Waals surface area contributed by atoms with Crippen LogP contribution in [0, 0.1) is 13.8 Å². The number of guanidine groups is 1. The van der Waals surface area contributed by atoms with Crippen LogP contribution < -0.4 is 20.7 Å². The van der Waals surface area contributed by atoms with Crippen molar-refractivity contribution in [1.82, 2.24) is 15.6 Å². The smallest absolute Gasteiger partial charge is 0.227 e. The Morgan fingerprint density at radius 3 is 2.62 bits per heavy atom. The number of aromatic nitrogens is 1. The zero-order valence-corrected chi connectivity index (χ0v) is 17.7. The quantitative estimate of drug-likeness (QED) is 0.447. The molecule has 1 amide bonds. The maximum absolute atomic E-state index is 12.1. The highest BCUT2D eigenvalue weighted by Gasteiger charge is 2.07. The van der Waals surface area contributed by atoms with E-state index < -0.39 is 0 Å². The summed E-state index contributed by atoms with van der Waals surface area (Å²) >= 11 is 0. The summed E-state index contributed by atoms with van der Waals surface area (Å²) in [5.41, 5.74) is 3.28. The van der Waals surface area contributed by atoms with Crippen molar-refractivity contribution in [2.24, 2.45) is 4.99 Å². The van der Waals surface area contributed by atoms with Gasteiger partial charge >= 0.3 is 0 Å². The van der Waals surface area contributed by atoms with Crippen LogP contribution in [-0.2, 0) is 11.3 Å². The number of nitrogens with one attached hydrogen (secondary N) is 3. The zero-order valence-electron chi connectivity index (χ0n) is 17.7. The van der Waals surface area contributed by atoms with E-state index in [9.17, 15) is 4.79 Å². The maximum atomic E-state index is 12.1. The van der Waals surface area contributed by atoms with Gasteiger partial charge in [-0.2, -0.15) is 0 Å². The van der Waals surface area contributed by atoms with E-state index in [1.165, 1.54) is 0 Å². The summed E-state index contributed by atoms with van der Waals surface area (Å²) in [4.78, 5) is 20.4. The molecule has 0 atom stereocenters. The van der Waals surface area contributed by atoms with Crippen LogP contribution in [0.1, 0.15) is 36.5 Å². The fourth-order valence-electron chi connectivity index (χ4n) is 2.60. The summed E-state index contributed by atoms with van der Waals surface area (Å²) in [6.07, 6.45) is 3.00. The topological polar surface area (TPSA) is 87.6 Å². The first-order valence-electron chi connectivity index (χ1n) is 9.91. The molecule has 3 N–H and O–H groups in total. The molecule has 29 heavy (non-hydrogen) atoms. The van der Waals surface area contributed by atoms with E-state index in [2.05, 4.69) is 45.0 Å². The van der Waals surface area contributed by atoms with E-state index in [1.54, 1.807) is 19.3 Å². The molecule has 0 bridgehead atoms. The Hall–Kier alpha value is -3.09. The number of hydrogen-bond acceptors (Lipinski definition) is 4. The van der Waals surface area contributed by atoms with Gasteiger partial charge in [0.2, 0.25) is 5.91 Å². The predicted molar refractivity (Wildman–Crippen MR) is 117 cm³/mol. The summed E-state index contributed by atoms with van der Waals surface area (Å²) in [5.74, 6) is 1.98. The van der Waals surface area contributed by atoms with Gasteiger partial charge in [-0.15, -0.1) is 0 Å². The molecule has 156 valence electrons. The minimum absolute atomic E-state index is 0.0990. The second-order valence-electron chi connectivity index (χ2n) is 6.83. The molecule has 7 nitrogen and oxygen atoms in total. The highest BCUT2D eigenvalue weighted by molar-refractivity contribution is 5.90. The number of rotatable bonds is 9. The number of nitrogens with zero attached hydrogens (tertiary/aromatic N) is 2. The predicted octanol–water partition coefficient (Wildman–Crippen LogP) is 3.18. The van der Waals surface area contributed by atoms with Crippen molar-refractivity contribution < 1.29 is 9.53 Å². The molecule has 0 fully saturated rings. The van der Waals surface area contributed by atoms with Gasteiger partial charge in [0.05, 0.1) is 6.61 Å². The summed E-state index contributed by atoms with van der Waals surface area (Å²) in [5, 5.41) is 9.21. The first kappa shape index (κ1) is 22.2. The van der Waals surface area contributed by atoms with Gasteiger partial charge in [-0.05, 0) is 43.5 Å². The Balaban J connectivity index is 1.79. The normalized spacial score (nSPS) is 11.1. The molecule has 1 aromatic heterocycles. The van der Waals surface area contributed by atoms with Crippen LogP contribution >= 0.6 is 0 Å². The average Bonchev–Trinajstić information content (AvgIpc) is 2.71. The molecule has 1 aromatic carbocycles. The second kappa shape index (κ2) is 11.7. The summed E-state index contributed by atoms with van der Waals surface area (Å²) in [6, 6.07) is 9.88. The fourth-order valence-corrected chi connectivity index (χ4v) is 2.60. The monoisotopic (exact) mass is 397 g/mol. The first-order valence-corrected chi connectivity index (χ1v) is 9.91. The van der Waals surface area contributed by atoms with E-state index in [0.717, 1.165) is 28.9 Å². The molecule has 0 aliphatic heterocycles. The number of carbonyl (C=O) groups excluding carboxylic acids is 1. The number of aryl methyl sites for hydroxylation is 2. The molecular weight excluding hydrogens is 366 g/mol. The Bertz CT molecular complexity index is 818. The molecule has 0 aliphatic carbocycles. The molecule has 0 saturated carbocycles. The van der Waals surface area contributed by atoms with E-state index >= 15 is 0 Å². The van der Waals surface area contributed by atoms with Crippen LogP contribution in [0.4, 0.5) is 5.82 Å². The third-order valence-corrected chi connectivity index (χ3v) is 4.18. The van der Waals surface area contributed by atoms with E-state index in [4.69, 9.17) is 4.74 Å². The number of aliphatic imine (C=N–C) groups is 1. The van der Waals surface area contributed by atoms with Crippen molar-refractivity contribution in [1.29, 1.82) is 0 Å². The van der Waals surface area contributed by atoms with Crippen molar-refractivity contribution >= 4 is 17.7 Å². The van der Waals surface area contributed by atoms with Crippen molar-refractivity contribution in [2.75, 3.05) is 25.5 Å². The Labute approximate surface area is 173 Å². The van der Waals surface area contributed by atoms with Crippen LogP contribution in [0.2, 0.25) is 0 Å². The molecule has 0 radical (unpaired) electrons. The Morgan fingerprint density at radius 1 is 1.14 bits per heavy atom. The van der Waals surface area contributed by atoms with Crippen LogP contribution in [-0.4, -0.2) is 37.1 Å².